The highest BCUT2D eigenvalue weighted by atomic mass is 32.2. The number of hydrogen-bond donors (Lipinski definition) is 2. The van der Waals surface area contributed by atoms with E-state index in [9.17, 15) is 13.2 Å². The van der Waals surface area contributed by atoms with Crippen molar-refractivity contribution < 1.29 is 13.0 Å². The van der Waals surface area contributed by atoms with Crippen molar-refractivity contribution in [3.05, 3.63) is 46.9 Å². The summed E-state index contributed by atoms with van der Waals surface area (Å²) in [4.78, 5) is 11.1. The van der Waals surface area contributed by atoms with Crippen molar-refractivity contribution in [2.75, 3.05) is 0 Å². The van der Waals surface area contributed by atoms with Crippen LogP contribution in [0.1, 0.15) is 0 Å². The normalized spacial score (nSPS) is 11.6. The van der Waals surface area contributed by atoms with Crippen LogP contribution in [0.25, 0.3) is 5.69 Å². The van der Waals surface area contributed by atoms with Crippen LogP contribution in [0.2, 0.25) is 0 Å². The van der Waals surface area contributed by atoms with E-state index in [2.05, 4.69) is 5.10 Å². The van der Waals surface area contributed by atoms with Crippen LogP contribution < -0.4 is 5.56 Å². The van der Waals surface area contributed by atoms with Gasteiger partial charge < -0.3 is 0 Å². The van der Waals surface area contributed by atoms with Crippen molar-refractivity contribution in [3.63, 3.8) is 0 Å². The van der Waals surface area contributed by atoms with Crippen LogP contribution in [0.4, 0.5) is 0 Å². The van der Waals surface area contributed by atoms with Gasteiger partial charge in [-0.05, 0) is 24.3 Å². The van der Waals surface area contributed by atoms with Crippen molar-refractivity contribution in [1.82, 2.24) is 9.78 Å². The number of aromatic amines is 1. The van der Waals surface area contributed by atoms with Gasteiger partial charge in [-0.25, -0.2) is 4.68 Å². The first-order chi connectivity index (χ1) is 7.48. The molecule has 16 heavy (non-hydrogen) atoms. The van der Waals surface area contributed by atoms with E-state index >= 15 is 0 Å². The minimum Gasteiger partial charge on any atom is -0.298 e. The minimum absolute atomic E-state index is 0.212. The Kier molecular flexibility index (Phi) is 2.41. The fourth-order valence-corrected chi connectivity index (χ4v) is 1.77. The van der Waals surface area contributed by atoms with Gasteiger partial charge in [0.15, 0.2) is 0 Å². The predicted molar refractivity (Wildman–Crippen MR) is 56.2 cm³/mol. The molecule has 1 aromatic carbocycles. The highest BCUT2D eigenvalue weighted by Crippen LogP contribution is 2.11. The third-order valence-electron chi connectivity index (χ3n) is 2.04. The van der Waals surface area contributed by atoms with Gasteiger partial charge in [0.1, 0.15) is 0 Å². The Morgan fingerprint density at radius 2 is 1.75 bits per heavy atom. The third-order valence-corrected chi connectivity index (χ3v) is 2.91. The van der Waals surface area contributed by atoms with Gasteiger partial charge in [-0.1, -0.05) is 0 Å². The first kappa shape index (κ1) is 10.7. The van der Waals surface area contributed by atoms with Gasteiger partial charge in [0.25, 0.3) is 15.7 Å². The highest BCUT2D eigenvalue weighted by Gasteiger charge is 2.09. The molecule has 0 radical (unpaired) electrons. The molecule has 0 spiro atoms. The Labute approximate surface area is 90.9 Å². The Morgan fingerprint density at radius 3 is 2.19 bits per heavy atom. The van der Waals surface area contributed by atoms with E-state index in [4.69, 9.17) is 4.55 Å². The molecule has 0 amide bonds. The van der Waals surface area contributed by atoms with E-state index in [1.807, 2.05) is 0 Å². The van der Waals surface area contributed by atoms with E-state index in [1.165, 1.54) is 41.2 Å². The van der Waals surface area contributed by atoms with E-state index in [0.29, 0.717) is 5.69 Å². The van der Waals surface area contributed by atoms with Crippen molar-refractivity contribution in [2.24, 2.45) is 0 Å². The van der Waals surface area contributed by atoms with E-state index in [0.717, 1.165) is 0 Å². The maximum absolute atomic E-state index is 11.3. The van der Waals surface area contributed by atoms with E-state index in [1.54, 1.807) is 0 Å². The Morgan fingerprint density at radius 1 is 1.12 bits per heavy atom. The molecule has 0 fully saturated rings. The summed E-state index contributed by atoms with van der Waals surface area (Å²) < 4.78 is 31.6. The lowest BCUT2D eigenvalue weighted by Gasteiger charge is -2.02. The quantitative estimate of drug-likeness (QED) is 0.744. The first-order valence-corrected chi connectivity index (χ1v) is 5.77. The summed E-state index contributed by atoms with van der Waals surface area (Å²) in [5, 5.41) is 2.67. The number of rotatable bonds is 2. The SMILES string of the molecule is O=c1cc[nH]n1-c1ccc(S(=O)(=O)O)cc1. The smallest absolute Gasteiger partial charge is 0.294 e. The second kappa shape index (κ2) is 3.62. The number of nitrogens with zero attached hydrogens (tertiary/aromatic N) is 1. The lowest BCUT2D eigenvalue weighted by molar-refractivity contribution is 0.483. The molecule has 2 aromatic rings. The zero-order valence-corrected chi connectivity index (χ0v) is 8.81. The van der Waals surface area contributed by atoms with Crippen LogP contribution in [0.3, 0.4) is 0 Å². The predicted octanol–water partition coefficient (Wildman–Crippen LogP) is 0.412. The largest absolute Gasteiger partial charge is 0.298 e. The molecule has 0 aliphatic carbocycles. The van der Waals surface area contributed by atoms with Gasteiger partial charge >= 0.3 is 0 Å². The molecule has 2 N–H and O–H groups in total. The van der Waals surface area contributed by atoms with Crippen LogP contribution in [0.5, 0.6) is 0 Å². The van der Waals surface area contributed by atoms with Crippen LogP contribution in [0.15, 0.2) is 46.2 Å². The number of hydrogen-bond acceptors (Lipinski definition) is 3. The van der Waals surface area contributed by atoms with Gasteiger partial charge in [-0.3, -0.25) is 14.4 Å². The van der Waals surface area contributed by atoms with E-state index < -0.39 is 10.1 Å². The summed E-state index contributed by atoms with van der Waals surface area (Å²) in [6.07, 6.45) is 1.47. The second-order valence-corrected chi connectivity index (χ2v) is 4.53. The standard InChI is InChI=1S/C9H8N2O4S/c12-9-5-6-10-11(9)7-1-3-8(4-2-7)16(13,14)15/h1-6,10H,(H,13,14,15). The molecule has 0 aliphatic rings. The Hall–Kier alpha value is -1.86. The molecule has 0 saturated heterocycles. The van der Waals surface area contributed by atoms with Gasteiger partial charge in [0.05, 0.1) is 10.6 Å². The molecular weight excluding hydrogens is 232 g/mol. The molecule has 0 bridgehead atoms. The second-order valence-electron chi connectivity index (χ2n) is 3.11. The number of H-pyrrole nitrogens is 1. The summed E-state index contributed by atoms with van der Waals surface area (Å²) in [6, 6.07) is 6.62. The Balaban J connectivity index is 2.49. The average molecular weight is 240 g/mol. The molecule has 7 heteroatoms. The van der Waals surface area contributed by atoms with Crippen LogP contribution in [0, 0.1) is 0 Å². The molecule has 1 heterocycles. The summed E-state index contributed by atoms with van der Waals surface area (Å²) in [7, 11) is -4.20. The van der Waals surface area contributed by atoms with Crippen LogP contribution in [-0.4, -0.2) is 22.8 Å². The molecule has 0 unspecified atom stereocenters. The Bertz CT molecular complexity index is 651. The zero-order chi connectivity index (χ0) is 11.8. The van der Waals surface area contributed by atoms with Gasteiger partial charge in [-0.15, -0.1) is 0 Å². The van der Waals surface area contributed by atoms with Gasteiger partial charge in [0, 0.05) is 12.3 Å². The fourth-order valence-electron chi connectivity index (χ4n) is 1.29. The monoisotopic (exact) mass is 240 g/mol. The van der Waals surface area contributed by atoms with E-state index in [-0.39, 0.29) is 10.5 Å². The van der Waals surface area contributed by atoms with Crippen molar-refractivity contribution >= 4 is 10.1 Å². The van der Waals surface area contributed by atoms with Crippen molar-refractivity contribution in [3.8, 4) is 5.69 Å². The van der Waals surface area contributed by atoms with Crippen LogP contribution in [-0.2, 0) is 10.1 Å². The number of nitrogens with one attached hydrogen (secondary N) is 1. The third kappa shape index (κ3) is 1.90. The fraction of sp³-hybridized carbons (Fsp3) is 0. The molecule has 0 aliphatic heterocycles. The number of aromatic nitrogens is 2. The average Bonchev–Trinajstić information content (AvgIpc) is 2.63. The molecule has 1 aromatic heterocycles. The summed E-state index contributed by atoms with van der Waals surface area (Å²) in [5.41, 5.74) is 0.238. The maximum atomic E-state index is 11.3. The van der Waals surface area contributed by atoms with Gasteiger partial charge in [-0.2, -0.15) is 8.42 Å². The first-order valence-electron chi connectivity index (χ1n) is 4.33. The summed E-state index contributed by atoms with van der Waals surface area (Å²) in [6.45, 7) is 0. The molecule has 84 valence electrons. The zero-order valence-electron chi connectivity index (χ0n) is 7.99. The summed E-state index contributed by atoms with van der Waals surface area (Å²) in [5.74, 6) is 0. The topological polar surface area (TPSA) is 92.2 Å². The maximum Gasteiger partial charge on any atom is 0.294 e. The molecule has 2 rings (SSSR count). The highest BCUT2D eigenvalue weighted by molar-refractivity contribution is 7.85. The van der Waals surface area contributed by atoms with Crippen LogP contribution >= 0.6 is 0 Å². The van der Waals surface area contributed by atoms with Gasteiger partial charge in [0.2, 0.25) is 0 Å². The molecule has 0 saturated carbocycles. The lowest BCUT2D eigenvalue weighted by Crippen LogP contribution is -2.13. The van der Waals surface area contributed by atoms with Crippen molar-refractivity contribution in [2.45, 2.75) is 4.90 Å². The lowest BCUT2D eigenvalue weighted by atomic mass is 10.3. The van der Waals surface area contributed by atoms with Crippen molar-refractivity contribution in [1.29, 1.82) is 0 Å². The molecule has 6 nitrogen and oxygen atoms in total. The minimum atomic E-state index is -4.20. The number of benzene rings is 1. The molecular formula is C9H8N2O4S. The summed E-state index contributed by atoms with van der Waals surface area (Å²) >= 11 is 0. The molecule has 0 atom stereocenters.